The molecule has 0 saturated heterocycles. The molecule has 0 spiro atoms. The Hall–Kier alpha value is -3.72. The molecule has 2 aromatic carbocycles. The summed E-state index contributed by atoms with van der Waals surface area (Å²) in [5.74, 6) is 0.800. The molecule has 2 heterocycles. The number of hydrogen-bond donors (Lipinski definition) is 1. The number of amides is 1. The third-order valence-corrected chi connectivity index (χ3v) is 7.10. The molecule has 2 aromatic rings. The van der Waals surface area contributed by atoms with E-state index in [1.807, 2.05) is 66.6 Å². The Morgan fingerprint density at radius 3 is 2.53 bits per heavy atom. The monoisotopic (exact) mass is 535 g/mol. The zero-order chi connectivity index (χ0) is 27.2. The van der Waals surface area contributed by atoms with Gasteiger partial charge in [0, 0.05) is 17.8 Å². The van der Waals surface area contributed by atoms with E-state index in [0.717, 1.165) is 11.3 Å². The van der Waals surface area contributed by atoms with Crippen LogP contribution in [0.25, 0.3) is 0 Å². The summed E-state index contributed by atoms with van der Waals surface area (Å²) in [5.41, 5.74) is 3.27. The number of methoxy groups -OCH3 is 2. The zero-order valence-corrected chi connectivity index (χ0v) is 23.1. The summed E-state index contributed by atoms with van der Waals surface area (Å²) in [5, 5.41) is 5.58. The molecule has 38 heavy (non-hydrogen) atoms. The highest BCUT2D eigenvalue weighted by molar-refractivity contribution is 8.16. The number of benzene rings is 2. The van der Waals surface area contributed by atoms with Crippen LogP contribution in [0.5, 0.6) is 11.5 Å². The van der Waals surface area contributed by atoms with Gasteiger partial charge in [-0.15, -0.1) is 0 Å². The highest BCUT2D eigenvalue weighted by Gasteiger charge is 2.42. The van der Waals surface area contributed by atoms with Crippen molar-refractivity contribution < 1.29 is 23.8 Å². The van der Waals surface area contributed by atoms with Crippen LogP contribution < -0.4 is 14.8 Å². The molecule has 4 rings (SSSR count). The minimum atomic E-state index is -0.630. The summed E-state index contributed by atoms with van der Waals surface area (Å²) in [6, 6.07) is 14.4. The number of ether oxygens (including phenoxy) is 3. The molecule has 2 aliphatic heterocycles. The zero-order valence-electron chi connectivity index (χ0n) is 22.3. The molecule has 0 aliphatic carbocycles. The van der Waals surface area contributed by atoms with E-state index in [1.165, 1.54) is 11.8 Å². The molecule has 0 bridgehead atoms. The average Bonchev–Trinajstić information content (AvgIpc) is 3.31. The minimum absolute atomic E-state index is 0.0948. The van der Waals surface area contributed by atoms with Crippen LogP contribution in [-0.2, 0) is 20.9 Å². The van der Waals surface area contributed by atoms with Gasteiger partial charge in [0.1, 0.15) is 6.61 Å². The van der Waals surface area contributed by atoms with Gasteiger partial charge in [-0.25, -0.2) is 9.79 Å². The normalized spacial score (nSPS) is 16.6. The molecule has 9 heteroatoms. The smallest absolute Gasteiger partial charge is 0.338 e. The van der Waals surface area contributed by atoms with Gasteiger partial charge in [-0.3, -0.25) is 4.79 Å². The first-order valence-corrected chi connectivity index (χ1v) is 13.3. The molecule has 1 atom stereocenters. The topological polar surface area (TPSA) is 89.5 Å². The van der Waals surface area contributed by atoms with E-state index < -0.39 is 12.0 Å². The number of carbonyl (C=O) groups is 2. The Morgan fingerprint density at radius 1 is 1.08 bits per heavy atom. The van der Waals surface area contributed by atoms with Gasteiger partial charge >= 0.3 is 5.97 Å². The van der Waals surface area contributed by atoms with Crippen LogP contribution in [0.15, 0.2) is 75.9 Å². The van der Waals surface area contributed by atoms with Gasteiger partial charge < -0.3 is 24.4 Å². The van der Waals surface area contributed by atoms with E-state index in [-0.39, 0.29) is 18.9 Å². The third-order valence-electron chi connectivity index (χ3n) is 6.21. The van der Waals surface area contributed by atoms with Crippen LogP contribution in [0.3, 0.4) is 0 Å². The predicted octanol–water partition coefficient (Wildman–Crippen LogP) is 5.18. The average molecular weight is 536 g/mol. The number of esters is 1. The van der Waals surface area contributed by atoms with Gasteiger partial charge in [0.25, 0.3) is 0 Å². The second-order valence-electron chi connectivity index (χ2n) is 9.41. The molecule has 0 saturated carbocycles. The number of nitrogens with zero attached hydrogens (tertiary/aromatic N) is 2. The Kier molecular flexibility index (Phi) is 8.78. The molecule has 200 valence electrons. The molecule has 1 N–H and O–H groups in total. The lowest BCUT2D eigenvalue weighted by molar-refractivity contribution is -0.141. The van der Waals surface area contributed by atoms with Crippen LogP contribution >= 0.6 is 11.8 Å². The minimum Gasteiger partial charge on any atom is -0.493 e. The summed E-state index contributed by atoms with van der Waals surface area (Å²) >= 11 is 1.43. The Balaban J connectivity index is 1.73. The number of fused-ring (bicyclic) bond motifs is 1. The van der Waals surface area contributed by atoms with Crippen molar-refractivity contribution in [3.8, 4) is 11.5 Å². The van der Waals surface area contributed by atoms with Crippen molar-refractivity contribution in [3.05, 3.63) is 82.0 Å². The maximum atomic E-state index is 13.7. The summed E-state index contributed by atoms with van der Waals surface area (Å²) in [7, 11) is 3.14. The number of allylic oxidation sites excluding steroid dienone is 1. The number of carbonyl (C=O) groups excluding carboxylic acids is 2. The Labute approximate surface area is 227 Å². The van der Waals surface area contributed by atoms with Gasteiger partial charge in [0.15, 0.2) is 16.7 Å². The maximum absolute atomic E-state index is 13.7. The van der Waals surface area contributed by atoms with Crippen LogP contribution in [0.2, 0.25) is 0 Å². The fourth-order valence-electron chi connectivity index (χ4n) is 4.40. The molecule has 2 aliphatic rings. The van der Waals surface area contributed by atoms with Gasteiger partial charge in [-0.1, -0.05) is 68.1 Å². The van der Waals surface area contributed by atoms with Crippen molar-refractivity contribution in [1.29, 1.82) is 0 Å². The van der Waals surface area contributed by atoms with E-state index in [2.05, 4.69) is 5.32 Å². The molecular formula is C29H33N3O5S. The standard InChI is InChI=1S/C29H33N3O5S/c1-18(2)15-30-24(33)14-21-17-38-29-31-19(3)25(28(34)37-16-20-10-7-6-8-11-20)26(32(21)29)22-12-9-13-23(35-4)27(22)36-5/h6-13,17-18,26H,14-16H2,1-5H3,(H,30,33). The summed E-state index contributed by atoms with van der Waals surface area (Å²) in [6.07, 6.45) is 0.146. The molecule has 1 amide bonds. The van der Waals surface area contributed by atoms with Crippen LogP contribution in [0.1, 0.15) is 44.4 Å². The number of amidine groups is 1. The van der Waals surface area contributed by atoms with E-state index in [1.54, 1.807) is 27.2 Å². The predicted molar refractivity (Wildman–Crippen MR) is 149 cm³/mol. The Bertz CT molecular complexity index is 1290. The molecule has 0 fully saturated rings. The first kappa shape index (κ1) is 27.3. The van der Waals surface area contributed by atoms with E-state index in [4.69, 9.17) is 19.2 Å². The number of nitrogens with one attached hydrogen (secondary N) is 1. The van der Waals surface area contributed by atoms with Crippen molar-refractivity contribution >= 4 is 28.8 Å². The molecule has 1 unspecified atom stereocenters. The summed E-state index contributed by atoms with van der Waals surface area (Å²) < 4.78 is 17.1. The van der Waals surface area contributed by atoms with E-state index in [0.29, 0.717) is 46.0 Å². The second-order valence-corrected chi connectivity index (χ2v) is 10.2. The molecule has 0 aromatic heterocycles. The lowest BCUT2D eigenvalue weighted by Crippen LogP contribution is -2.38. The van der Waals surface area contributed by atoms with Gasteiger partial charge in [-0.05, 0) is 29.9 Å². The Morgan fingerprint density at radius 2 is 1.84 bits per heavy atom. The van der Waals surface area contributed by atoms with Gasteiger partial charge in [0.2, 0.25) is 5.91 Å². The maximum Gasteiger partial charge on any atom is 0.338 e. The fourth-order valence-corrected chi connectivity index (χ4v) is 5.36. The lowest BCUT2D eigenvalue weighted by Gasteiger charge is -2.37. The number of thioether (sulfide) groups is 1. The van der Waals surface area contributed by atoms with Gasteiger partial charge in [0.05, 0.1) is 38.0 Å². The van der Waals surface area contributed by atoms with Crippen molar-refractivity contribution in [2.75, 3.05) is 20.8 Å². The van der Waals surface area contributed by atoms with Crippen LogP contribution in [-0.4, -0.2) is 42.7 Å². The largest absolute Gasteiger partial charge is 0.493 e. The highest BCUT2D eigenvalue weighted by atomic mass is 32.2. The fraction of sp³-hybridized carbons (Fsp3) is 0.345. The van der Waals surface area contributed by atoms with Crippen molar-refractivity contribution in [1.82, 2.24) is 10.2 Å². The molecule has 8 nitrogen and oxygen atoms in total. The lowest BCUT2D eigenvalue weighted by atomic mass is 9.92. The third kappa shape index (κ3) is 5.88. The van der Waals surface area contributed by atoms with E-state index in [9.17, 15) is 9.59 Å². The number of rotatable bonds is 10. The SMILES string of the molecule is COc1cccc(C2C(C(=O)OCc3ccccc3)=C(C)N=C3SC=C(CC(=O)NCC(C)C)N32)c1OC. The summed E-state index contributed by atoms with van der Waals surface area (Å²) in [6.45, 7) is 6.61. The van der Waals surface area contributed by atoms with E-state index >= 15 is 0 Å². The quantitative estimate of drug-likeness (QED) is 0.419. The van der Waals surface area contributed by atoms with Crippen molar-refractivity contribution in [2.24, 2.45) is 10.9 Å². The van der Waals surface area contributed by atoms with Crippen molar-refractivity contribution in [3.63, 3.8) is 0 Å². The molecular weight excluding hydrogens is 502 g/mol. The first-order valence-electron chi connectivity index (χ1n) is 12.5. The number of para-hydroxylation sites is 1. The number of aliphatic imine (C=N–C) groups is 1. The summed E-state index contributed by atoms with van der Waals surface area (Å²) in [4.78, 5) is 33.1. The first-order chi connectivity index (χ1) is 18.3. The van der Waals surface area contributed by atoms with Crippen molar-refractivity contribution in [2.45, 2.75) is 39.8 Å². The van der Waals surface area contributed by atoms with Gasteiger partial charge in [-0.2, -0.15) is 0 Å². The second kappa shape index (κ2) is 12.2. The van der Waals surface area contributed by atoms with Crippen LogP contribution in [0, 0.1) is 5.92 Å². The van der Waals surface area contributed by atoms with Crippen LogP contribution in [0.4, 0.5) is 0 Å². The number of hydrogen-bond acceptors (Lipinski definition) is 8. The highest BCUT2D eigenvalue weighted by Crippen LogP contribution is 2.48. The molecule has 0 radical (unpaired) electrons.